The zero-order chi connectivity index (χ0) is 14.2. The van der Waals surface area contributed by atoms with E-state index in [2.05, 4.69) is 58.9 Å². The van der Waals surface area contributed by atoms with E-state index in [-0.39, 0.29) is 5.54 Å². The number of aryl methyl sites for hydroxylation is 1. The van der Waals surface area contributed by atoms with Gasteiger partial charge in [-0.05, 0) is 50.3 Å². The molecule has 2 aromatic rings. The number of fused-ring (bicyclic) bond motifs is 1. The van der Waals surface area contributed by atoms with E-state index in [4.69, 9.17) is 10.7 Å². The molecule has 0 amide bonds. The first kappa shape index (κ1) is 14.0. The molecule has 1 aromatic heterocycles. The van der Waals surface area contributed by atoms with Crippen LogP contribution in [0.2, 0.25) is 0 Å². The van der Waals surface area contributed by atoms with Crippen LogP contribution in [-0.2, 0) is 6.42 Å². The molecular weight excluding hydrogens is 232 g/mol. The van der Waals surface area contributed by atoms with Gasteiger partial charge < -0.3 is 5.73 Å². The van der Waals surface area contributed by atoms with Crippen LogP contribution < -0.4 is 5.73 Å². The van der Waals surface area contributed by atoms with Gasteiger partial charge in [-0.25, -0.2) is 0 Å². The van der Waals surface area contributed by atoms with Gasteiger partial charge in [-0.15, -0.1) is 0 Å². The van der Waals surface area contributed by atoms with Crippen molar-refractivity contribution in [2.75, 3.05) is 0 Å². The van der Waals surface area contributed by atoms with Crippen LogP contribution in [0.1, 0.15) is 50.4 Å². The Bertz CT molecular complexity index is 592. The second-order valence-electron chi connectivity index (χ2n) is 6.49. The van der Waals surface area contributed by atoms with E-state index in [1.165, 1.54) is 16.5 Å². The Kier molecular flexibility index (Phi) is 3.64. The molecule has 0 aliphatic rings. The summed E-state index contributed by atoms with van der Waals surface area (Å²) >= 11 is 0. The monoisotopic (exact) mass is 256 g/mol. The third-order valence-corrected chi connectivity index (χ3v) is 3.35. The van der Waals surface area contributed by atoms with E-state index in [9.17, 15) is 0 Å². The fraction of sp³-hybridized carbons (Fsp3) is 0.471. The lowest BCUT2D eigenvalue weighted by molar-refractivity contribution is 0.518. The normalized spacial score (nSPS) is 12.4. The van der Waals surface area contributed by atoms with Crippen molar-refractivity contribution in [3.63, 3.8) is 0 Å². The summed E-state index contributed by atoms with van der Waals surface area (Å²) in [5, 5.41) is 1.25. The third kappa shape index (κ3) is 3.13. The smallest absolute Gasteiger partial charge is 0.0742 e. The van der Waals surface area contributed by atoms with Crippen LogP contribution in [0.5, 0.6) is 0 Å². The van der Waals surface area contributed by atoms with Crippen LogP contribution in [0.15, 0.2) is 24.3 Å². The molecule has 2 rings (SSSR count). The average Bonchev–Trinajstić information content (AvgIpc) is 2.25. The van der Waals surface area contributed by atoms with Gasteiger partial charge in [0.05, 0.1) is 5.52 Å². The van der Waals surface area contributed by atoms with E-state index in [1.54, 1.807) is 0 Å². The molecule has 0 bridgehead atoms. The lowest BCUT2D eigenvalue weighted by Crippen LogP contribution is -2.34. The highest BCUT2D eigenvalue weighted by atomic mass is 14.7. The van der Waals surface area contributed by atoms with E-state index in [0.717, 1.165) is 17.6 Å². The minimum absolute atomic E-state index is 0.200. The Balaban J connectivity index is 2.69. The number of hydrogen-bond acceptors (Lipinski definition) is 2. The Morgan fingerprint density at radius 2 is 1.95 bits per heavy atom. The minimum Gasteiger partial charge on any atom is -0.325 e. The summed E-state index contributed by atoms with van der Waals surface area (Å²) in [6.07, 6.45) is 0.869. The Morgan fingerprint density at radius 1 is 1.26 bits per heavy atom. The quantitative estimate of drug-likeness (QED) is 0.903. The van der Waals surface area contributed by atoms with Crippen LogP contribution in [0.4, 0.5) is 0 Å². The number of pyridine rings is 1. The summed E-state index contributed by atoms with van der Waals surface area (Å²) in [5.41, 5.74) is 10.8. The Morgan fingerprint density at radius 3 is 2.53 bits per heavy atom. The van der Waals surface area contributed by atoms with Gasteiger partial charge in [-0.3, -0.25) is 4.98 Å². The molecule has 2 nitrogen and oxygen atoms in total. The second kappa shape index (κ2) is 4.93. The van der Waals surface area contributed by atoms with Gasteiger partial charge in [-0.2, -0.15) is 0 Å². The highest BCUT2D eigenvalue weighted by molar-refractivity contribution is 5.85. The lowest BCUT2D eigenvalue weighted by atomic mass is 9.91. The number of aromatic nitrogens is 1. The van der Waals surface area contributed by atoms with Gasteiger partial charge in [0.1, 0.15) is 0 Å². The van der Waals surface area contributed by atoms with Crippen molar-refractivity contribution in [1.29, 1.82) is 0 Å². The van der Waals surface area contributed by atoms with Crippen LogP contribution in [0.3, 0.4) is 0 Å². The first-order chi connectivity index (χ1) is 8.78. The van der Waals surface area contributed by atoms with Crippen molar-refractivity contribution in [3.8, 4) is 0 Å². The van der Waals surface area contributed by atoms with Crippen LogP contribution >= 0.6 is 0 Å². The third-order valence-electron chi connectivity index (χ3n) is 3.35. The summed E-state index contributed by atoms with van der Waals surface area (Å²) in [5.74, 6) is 0.483. The van der Waals surface area contributed by atoms with E-state index >= 15 is 0 Å². The highest BCUT2D eigenvalue weighted by Crippen LogP contribution is 2.28. The number of benzene rings is 1. The van der Waals surface area contributed by atoms with Crippen molar-refractivity contribution in [1.82, 2.24) is 4.98 Å². The fourth-order valence-electron chi connectivity index (χ4n) is 2.59. The molecule has 0 atom stereocenters. The predicted octanol–water partition coefficient (Wildman–Crippen LogP) is 3.95. The Labute approximate surface area is 116 Å². The summed E-state index contributed by atoms with van der Waals surface area (Å²) in [7, 11) is 0. The zero-order valence-electron chi connectivity index (χ0n) is 12.6. The highest BCUT2D eigenvalue weighted by Gasteiger charge is 2.16. The maximum absolute atomic E-state index is 6.19. The molecule has 0 saturated heterocycles. The van der Waals surface area contributed by atoms with Gasteiger partial charge in [0.15, 0.2) is 0 Å². The van der Waals surface area contributed by atoms with Crippen molar-refractivity contribution in [2.45, 2.75) is 52.5 Å². The standard InChI is InChI=1S/C17H24N2/c1-11(2)14-7-6-8-15-13(10-17(4,5)18)9-12(3)19-16(14)15/h6-9,11H,10,18H2,1-5H3. The molecule has 0 radical (unpaired) electrons. The maximum Gasteiger partial charge on any atom is 0.0742 e. The van der Waals surface area contributed by atoms with Crippen LogP contribution in [-0.4, -0.2) is 10.5 Å². The molecule has 1 aromatic carbocycles. The molecule has 2 N–H and O–H groups in total. The summed E-state index contributed by atoms with van der Waals surface area (Å²) in [6.45, 7) is 10.6. The molecule has 0 saturated carbocycles. The summed E-state index contributed by atoms with van der Waals surface area (Å²) in [6, 6.07) is 8.63. The van der Waals surface area contributed by atoms with E-state index in [1.807, 2.05) is 0 Å². The van der Waals surface area contributed by atoms with Crippen molar-refractivity contribution < 1.29 is 0 Å². The molecule has 102 valence electrons. The topological polar surface area (TPSA) is 38.9 Å². The Hall–Kier alpha value is -1.41. The molecule has 0 unspecified atom stereocenters. The SMILES string of the molecule is Cc1cc(CC(C)(C)N)c2cccc(C(C)C)c2n1. The first-order valence-corrected chi connectivity index (χ1v) is 6.96. The van der Waals surface area contributed by atoms with Crippen molar-refractivity contribution >= 4 is 10.9 Å². The minimum atomic E-state index is -0.200. The molecular formula is C17H24N2. The van der Waals surface area contributed by atoms with Crippen molar-refractivity contribution in [3.05, 3.63) is 41.1 Å². The van der Waals surface area contributed by atoms with Gasteiger partial charge in [-0.1, -0.05) is 32.0 Å². The number of para-hydroxylation sites is 1. The van der Waals surface area contributed by atoms with Crippen molar-refractivity contribution in [2.24, 2.45) is 5.73 Å². The summed E-state index contributed by atoms with van der Waals surface area (Å²) in [4.78, 5) is 4.75. The first-order valence-electron chi connectivity index (χ1n) is 6.96. The van der Waals surface area contributed by atoms with E-state index in [0.29, 0.717) is 5.92 Å². The van der Waals surface area contributed by atoms with Gasteiger partial charge in [0, 0.05) is 16.6 Å². The number of hydrogen-bond donors (Lipinski definition) is 1. The van der Waals surface area contributed by atoms with E-state index < -0.39 is 0 Å². The average molecular weight is 256 g/mol. The number of rotatable bonds is 3. The predicted molar refractivity (Wildman–Crippen MR) is 82.5 cm³/mol. The molecule has 2 heteroatoms. The maximum atomic E-state index is 6.19. The largest absolute Gasteiger partial charge is 0.325 e. The van der Waals surface area contributed by atoms with Crippen LogP contribution in [0, 0.1) is 6.92 Å². The molecule has 0 aliphatic carbocycles. The fourth-order valence-corrected chi connectivity index (χ4v) is 2.59. The molecule has 0 fully saturated rings. The number of nitrogens with two attached hydrogens (primary N) is 1. The molecule has 0 spiro atoms. The van der Waals surface area contributed by atoms with Gasteiger partial charge in [0.25, 0.3) is 0 Å². The molecule has 0 aliphatic heterocycles. The van der Waals surface area contributed by atoms with Gasteiger partial charge in [0.2, 0.25) is 0 Å². The lowest BCUT2D eigenvalue weighted by Gasteiger charge is -2.21. The van der Waals surface area contributed by atoms with Gasteiger partial charge >= 0.3 is 0 Å². The second-order valence-corrected chi connectivity index (χ2v) is 6.49. The summed E-state index contributed by atoms with van der Waals surface area (Å²) < 4.78 is 0. The zero-order valence-corrected chi connectivity index (χ0v) is 12.6. The number of nitrogens with zero attached hydrogens (tertiary/aromatic N) is 1. The van der Waals surface area contributed by atoms with Crippen LogP contribution in [0.25, 0.3) is 10.9 Å². The molecule has 19 heavy (non-hydrogen) atoms. The molecule has 1 heterocycles.